The van der Waals surface area contributed by atoms with E-state index in [9.17, 15) is 0 Å². The normalized spacial score (nSPS) is 12.2. The zero-order valence-electron chi connectivity index (χ0n) is 10.2. The van der Waals surface area contributed by atoms with Crippen LogP contribution < -0.4 is 10.1 Å². The van der Waals surface area contributed by atoms with E-state index in [1.165, 1.54) is 0 Å². The average molecular weight is 264 g/mol. The van der Waals surface area contributed by atoms with Crippen molar-refractivity contribution >= 4 is 11.6 Å². The van der Waals surface area contributed by atoms with E-state index in [4.69, 9.17) is 16.3 Å². The molecule has 94 valence electrons. The van der Waals surface area contributed by atoms with Crippen molar-refractivity contribution in [1.29, 1.82) is 0 Å². The van der Waals surface area contributed by atoms with E-state index in [0.29, 0.717) is 5.02 Å². The van der Waals surface area contributed by atoms with Crippen molar-refractivity contribution in [3.63, 3.8) is 0 Å². The fraction of sp³-hybridized carbons (Fsp3) is 0.231. The van der Waals surface area contributed by atoms with Crippen molar-refractivity contribution < 1.29 is 4.74 Å². The maximum atomic E-state index is 6.17. The molecule has 0 aliphatic carbocycles. The summed E-state index contributed by atoms with van der Waals surface area (Å²) >= 11 is 6.17. The minimum Gasteiger partial charge on any atom is -0.495 e. The molecule has 1 N–H and O–H groups in total. The van der Waals surface area contributed by atoms with Gasteiger partial charge in [0, 0.05) is 18.6 Å². The lowest BCUT2D eigenvalue weighted by molar-refractivity contribution is 0.411. The molecular weight excluding hydrogens is 250 g/mol. The summed E-state index contributed by atoms with van der Waals surface area (Å²) in [6.07, 6.45) is 6.82. The SMILES string of the molecule is CNC(c1cncc(OC)c1)c1ccncc1Cl. The van der Waals surface area contributed by atoms with Crippen LogP contribution in [-0.4, -0.2) is 24.1 Å². The molecular formula is C13H14ClN3O. The van der Waals surface area contributed by atoms with Crippen LogP contribution in [0.25, 0.3) is 0 Å². The van der Waals surface area contributed by atoms with Crippen LogP contribution in [-0.2, 0) is 0 Å². The largest absolute Gasteiger partial charge is 0.495 e. The molecule has 0 radical (unpaired) electrons. The molecule has 5 heteroatoms. The molecule has 18 heavy (non-hydrogen) atoms. The van der Waals surface area contributed by atoms with Crippen LogP contribution in [0, 0.1) is 0 Å². The lowest BCUT2D eigenvalue weighted by Gasteiger charge is -2.18. The summed E-state index contributed by atoms with van der Waals surface area (Å²) in [7, 11) is 3.50. The van der Waals surface area contributed by atoms with Crippen molar-refractivity contribution in [2.75, 3.05) is 14.2 Å². The Morgan fingerprint density at radius 2 is 2.11 bits per heavy atom. The maximum absolute atomic E-state index is 6.17. The van der Waals surface area contributed by atoms with Gasteiger partial charge in [0.25, 0.3) is 0 Å². The molecule has 0 saturated heterocycles. The van der Waals surface area contributed by atoms with Crippen molar-refractivity contribution in [2.45, 2.75) is 6.04 Å². The van der Waals surface area contributed by atoms with Gasteiger partial charge in [-0.2, -0.15) is 0 Å². The van der Waals surface area contributed by atoms with Crippen LogP contribution in [0.3, 0.4) is 0 Å². The highest BCUT2D eigenvalue weighted by molar-refractivity contribution is 6.31. The van der Waals surface area contributed by atoms with Crippen LogP contribution in [0.5, 0.6) is 5.75 Å². The van der Waals surface area contributed by atoms with Crippen molar-refractivity contribution in [3.8, 4) is 5.75 Å². The summed E-state index contributed by atoms with van der Waals surface area (Å²) in [4.78, 5) is 8.14. The zero-order valence-corrected chi connectivity index (χ0v) is 11.0. The number of halogens is 1. The standard InChI is InChI=1S/C13H14ClN3O/c1-15-13(11-3-4-16-8-12(11)14)9-5-10(18-2)7-17-6-9/h3-8,13,15H,1-2H3. The van der Waals surface area contributed by atoms with Crippen LogP contribution in [0.15, 0.2) is 36.9 Å². The Bertz CT molecular complexity index is 533. The second-order valence-electron chi connectivity index (χ2n) is 3.78. The molecule has 0 spiro atoms. The first kappa shape index (κ1) is 12.8. The van der Waals surface area contributed by atoms with Gasteiger partial charge in [0.15, 0.2) is 0 Å². The topological polar surface area (TPSA) is 47.0 Å². The number of rotatable bonds is 4. The molecule has 0 saturated carbocycles. The second kappa shape index (κ2) is 5.80. The van der Waals surface area contributed by atoms with E-state index < -0.39 is 0 Å². The van der Waals surface area contributed by atoms with Gasteiger partial charge < -0.3 is 10.1 Å². The highest BCUT2D eigenvalue weighted by atomic mass is 35.5. The van der Waals surface area contributed by atoms with E-state index in [1.807, 2.05) is 19.2 Å². The van der Waals surface area contributed by atoms with Crippen molar-refractivity contribution in [3.05, 3.63) is 53.1 Å². The summed E-state index contributed by atoms with van der Waals surface area (Å²) in [6, 6.07) is 3.79. The first-order chi connectivity index (χ1) is 8.76. The molecule has 0 amide bonds. The number of methoxy groups -OCH3 is 1. The monoisotopic (exact) mass is 263 g/mol. The summed E-state index contributed by atoms with van der Waals surface area (Å²) < 4.78 is 5.18. The number of nitrogens with zero attached hydrogens (tertiary/aromatic N) is 2. The molecule has 2 aromatic rings. The molecule has 0 aromatic carbocycles. The summed E-state index contributed by atoms with van der Waals surface area (Å²) in [5.41, 5.74) is 1.95. The number of hydrogen-bond acceptors (Lipinski definition) is 4. The Morgan fingerprint density at radius 1 is 1.28 bits per heavy atom. The van der Waals surface area contributed by atoms with E-state index >= 15 is 0 Å². The Morgan fingerprint density at radius 3 is 2.78 bits per heavy atom. The van der Waals surface area contributed by atoms with Crippen molar-refractivity contribution in [1.82, 2.24) is 15.3 Å². The van der Waals surface area contributed by atoms with Gasteiger partial charge in [0.05, 0.1) is 24.4 Å². The van der Waals surface area contributed by atoms with Gasteiger partial charge >= 0.3 is 0 Å². The second-order valence-corrected chi connectivity index (χ2v) is 4.18. The van der Waals surface area contributed by atoms with Crippen LogP contribution in [0.1, 0.15) is 17.2 Å². The smallest absolute Gasteiger partial charge is 0.137 e. The quantitative estimate of drug-likeness (QED) is 0.920. The Kier molecular flexibility index (Phi) is 4.12. The highest BCUT2D eigenvalue weighted by Gasteiger charge is 2.15. The van der Waals surface area contributed by atoms with Gasteiger partial charge in [-0.1, -0.05) is 11.6 Å². The van der Waals surface area contributed by atoms with Crippen LogP contribution >= 0.6 is 11.6 Å². The van der Waals surface area contributed by atoms with Crippen LogP contribution in [0.4, 0.5) is 0 Å². The molecule has 0 bridgehead atoms. The fourth-order valence-corrected chi connectivity index (χ4v) is 2.06. The third kappa shape index (κ3) is 2.60. The molecule has 1 atom stereocenters. The highest BCUT2D eigenvalue weighted by Crippen LogP contribution is 2.28. The Balaban J connectivity index is 2.42. The minimum absolute atomic E-state index is 0.0388. The predicted molar refractivity (Wildman–Crippen MR) is 70.9 cm³/mol. The van der Waals surface area contributed by atoms with Crippen molar-refractivity contribution in [2.24, 2.45) is 0 Å². The number of pyridine rings is 2. The molecule has 0 aliphatic heterocycles. The average Bonchev–Trinajstić information content (AvgIpc) is 2.42. The lowest BCUT2D eigenvalue weighted by Crippen LogP contribution is -2.18. The third-order valence-corrected chi connectivity index (χ3v) is 3.02. The van der Waals surface area contributed by atoms with Gasteiger partial charge in [0.1, 0.15) is 5.75 Å². The maximum Gasteiger partial charge on any atom is 0.137 e. The Hall–Kier alpha value is -1.65. The van der Waals surface area contributed by atoms with Gasteiger partial charge in [-0.15, -0.1) is 0 Å². The molecule has 4 nitrogen and oxygen atoms in total. The first-order valence-corrected chi connectivity index (χ1v) is 5.89. The van der Waals surface area contributed by atoms with E-state index in [0.717, 1.165) is 16.9 Å². The zero-order chi connectivity index (χ0) is 13.0. The molecule has 0 aliphatic rings. The Labute approximate surface area is 111 Å². The summed E-state index contributed by atoms with van der Waals surface area (Å²) in [5.74, 6) is 0.720. The van der Waals surface area contributed by atoms with Gasteiger partial charge in [0.2, 0.25) is 0 Å². The number of aromatic nitrogens is 2. The third-order valence-electron chi connectivity index (χ3n) is 2.71. The van der Waals surface area contributed by atoms with E-state index in [1.54, 1.807) is 31.9 Å². The molecule has 2 aromatic heterocycles. The van der Waals surface area contributed by atoms with E-state index in [2.05, 4.69) is 15.3 Å². The predicted octanol–water partition coefficient (Wildman–Crippen LogP) is 2.45. The lowest BCUT2D eigenvalue weighted by atomic mass is 10.0. The number of nitrogens with one attached hydrogen (secondary N) is 1. The molecule has 2 rings (SSSR count). The number of ether oxygens (including phenoxy) is 1. The van der Waals surface area contributed by atoms with Crippen LogP contribution in [0.2, 0.25) is 5.02 Å². The van der Waals surface area contributed by atoms with Gasteiger partial charge in [-0.3, -0.25) is 9.97 Å². The molecule has 1 unspecified atom stereocenters. The summed E-state index contributed by atoms with van der Waals surface area (Å²) in [5, 5.41) is 3.84. The first-order valence-electron chi connectivity index (χ1n) is 5.52. The van der Waals surface area contributed by atoms with E-state index in [-0.39, 0.29) is 6.04 Å². The fourth-order valence-electron chi connectivity index (χ4n) is 1.83. The molecule has 2 heterocycles. The van der Waals surface area contributed by atoms with Gasteiger partial charge in [-0.25, -0.2) is 0 Å². The van der Waals surface area contributed by atoms with Gasteiger partial charge in [-0.05, 0) is 30.3 Å². The minimum atomic E-state index is -0.0388. The molecule has 0 fully saturated rings. The summed E-state index contributed by atoms with van der Waals surface area (Å²) in [6.45, 7) is 0. The number of hydrogen-bond donors (Lipinski definition) is 1.